The van der Waals surface area contributed by atoms with Crippen molar-refractivity contribution in [1.82, 2.24) is 9.97 Å². The Balaban J connectivity index is 1.31. The number of benzene rings is 7. The first-order valence-corrected chi connectivity index (χ1v) is 14.7. The summed E-state index contributed by atoms with van der Waals surface area (Å²) in [6.45, 7) is 0. The summed E-state index contributed by atoms with van der Waals surface area (Å²) < 4.78 is 2.60. The number of aromatic nitrogens is 2. The summed E-state index contributed by atoms with van der Waals surface area (Å²) >= 11 is 1.84. The highest BCUT2D eigenvalue weighted by Crippen LogP contribution is 2.39. The summed E-state index contributed by atoms with van der Waals surface area (Å²) in [7, 11) is 0. The van der Waals surface area contributed by atoms with Crippen molar-refractivity contribution in [2.45, 2.75) is 0 Å². The molecular weight excluding hydrogens is 516 g/mol. The van der Waals surface area contributed by atoms with Crippen LogP contribution >= 0.6 is 11.3 Å². The second-order valence-electron chi connectivity index (χ2n) is 10.6. The van der Waals surface area contributed by atoms with Gasteiger partial charge in [0.1, 0.15) is 0 Å². The summed E-state index contributed by atoms with van der Waals surface area (Å²) in [6.07, 6.45) is 0. The molecule has 0 saturated heterocycles. The maximum absolute atomic E-state index is 5.25. The zero-order valence-corrected chi connectivity index (χ0v) is 22.8. The molecule has 2 heterocycles. The molecule has 3 heteroatoms. The van der Waals surface area contributed by atoms with Crippen LogP contribution in [0, 0.1) is 0 Å². The second-order valence-corrected chi connectivity index (χ2v) is 11.7. The normalized spacial score (nSPS) is 11.9. The van der Waals surface area contributed by atoms with Gasteiger partial charge in [0, 0.05) is 36.7 Å². The lowest BCUT2D eigenvalue weighted by molar-refractivity contribution is 1.23. The highest BCUT2D eigenvalue weighted by molar-refractivity contribution is 7.25. The Labute approximate surface area is 240 Å². The predicted molar refractivity (Wildman–Crippen MR) is 176 cm³/mol. The van der Waals surface area contributed by atoms with E-state index in [1.54, 1.807) is 0 Å². The van der Waals surface area contributed by atoms with E-state index in [0.717, 1.165) is 33.5 Å². The number of hydrogen-bond donors (Lipinski definition) is 0. The first kappa shape index (κ1) is 22.7. The van der Waals surface area contributed by atoms with Gasteiger partial charge in [0.2, 0.25) is 0 Å². The van der Waals surface area contributed by atoms with Gasteiger partial charge in [0.15, 0.2) is 5.82 Å². The van der Waals surface area contributed by atoms with Crippen molar-refractivity contribution in [2.75, 3.05) is 0 Å². The molecule has 0 saturated carbocycles. The average molecular weight is 539 g/mol. The van der Waals surface area contributed by atoms with Crippen LogP contribution in [0.25, 0.3) is 86.0 Å². The summed E-state index contributed by atoms with van der Waals surface area (Å²) in [5.41, 5.74) is 4.04. The topological polar surface area (TPSA) is 25.8 Å². The Hall–Kier alpha value is -5.12. The van der Waals surface area contributed by atoms with Crippen LogP contribution < -0.4 is 0 Å². The van der Waals surface area contributed by atoms with Gasteiger partial charge in [-0.05, 0) is 62.6 Å². The smallest absolute Gasteiger partial charge is 0.160 e. The highest BCUT2D eigenvalue weighted by Gasteiger charge is 2.15. The SMILES string of the molecule is c1ccc2c(-c3ccc4sc5ccccc5c4c3)nc(-c3ccc4c5ccccc5c5ccccc5c4c3)nc2c1. The maximum atomic E-state index is 5.25. The van der Waals surface area contributed by atoms with E-state index in [-0.39, 0.29) is 0 Å². The molecular formula is C38H22N2S. The highest BCUT2D eigenvalue weighted by atomic mass is 32.1. The van der Waals surface area contributed by atoms with Gasteiger partial charge >= 0.3 is 0 Å². The minimum absolute atomic E-state index is 0.744. The number of thiophene rings is 1. The van der Waals surface area contributed by atoms with Crippen molar-refractivity contribution in [2.24, 2.45) is 0 Å². The van der Waals surface area contributed by atoms with E-state index in [1.807, 2.05) is 11.3 Å². The molecule has 0 aliphatic rings. The summed E-state index contributed by atoms with van der Waals surface area (Å²) in [5, 5.41) is 11.2. The largest absolute Gasteiger partial charge is 0.228 e. The quantitative estimate of drug-likeness (QED) is 0.205. The molecule has 9 rings (SSSR count). The van der Waals surface area contributed by atoms with Crippen LogP contribution in [-0.2, 0) is 0 Å². The van der Waals surface area contributed by atoms with E-state index in [1.165, 1.54) is 52.5 Å². The van der Waals surface area contributed by atoms with Gasteiger partial charge in [-0.15, -0.1) is 11.3 Å². The molecule has 0 spiro atoms. The Kier molecular flexibility index (Phi) is 4.80. The Bertz CT molecular complexity index is 2450. The fraction of sp³-hybridized carbons (Fsp3) is 0. The van der Waals surface area contributed by atoms with E-state index in [0.29, 0.717) is 0 Å². The third-order valence-corrected chi connectivity index (χ3v) is 9.41. The van der Waals surface area contributed by atoms with Crippen LogP contribution in [0.4, 0.5) is 0 Å². The summed E-state index contributed by atoms with van der Waals surface area (Å²) in [4.78, 5) is 10.3. The number of para-hydroxylation sites is 1. The maximum Gasteiger partial charge on any atom is 0.160 e. The molecule has 41 heavy (non-hydrogen) atoms. The van der Waals surface area contributed by atoms with Crippen LogP contribution in [-0.4, -0.2) is 9.97 Å². The zero-order valence-electron chi connectivity index (χ0n) is 22.0. The number of fused-ring (bicyclic) bond motifs is 10. The minimum atomic E-state index is 0.744. The minimum Gasteiger partial charge on any atom is -0.228 e. The zero-order chi connectivity index (χ0) is 26.9. The van der Waals surface area contributed by atoms with Gasteiger partial charge in [-0.25, -0.2) is 9.97 Å². The molecule has 9 aromatic rings. The molecule has 2 nitrogen and oxygen atoms in total. The van der Waals surface area contributed by atoms with Crippen LogP contribution in [0.2, 0.25) is 0 Å². The first-order chi connectivity index (χ1) is 20.3. The molecule has 0 fully saturated rings. The van der Waals surface area contributed by atoms with Crippen molar-refractivity contribution in [3.8, 4) is 22.6 Å². The molecule has 0 N–H and O–H groups in total. The third-order valence-electron chi connectivity index (χ3n) is 8.26. The molecule has 0 unspecified atom stereocenters. The standard InChI is InChI=1S/C38H22N2S/c1-2-11-27-25(9-1)26-10-3-4-12-28(26)32-22-24(17-19-29(27)32)38-39-34-15-7-5-14-31(34)37(40-38)23-18-20-36-33(21-23)30-13-6-8-16-35(30)41-36/h1-22H. The van der Waals surface area contributed by atoms with Crippen LogP contribution in [0.1, 0.15) is 0 Å². The van der Waals surface area contributed by atoms with Gasteiger partial charge in [0.25, 0.3) is 0 Å². The molecule has 2 aromatic heterocycles. The van der Waals surface area contributed by atoms with E-state index in [9.17, 15) is 0 Å². The lowest BCUT2D eigenvalue weighted by Crippen LogP contribution is -1.95. The fourth-order valence-electron chi connectivity index (χ4n) is 6.35. The van der Waals surface area contributed by atoms with Gasteiger partial charge in [-0.2, -0.15) is 0 Å². The Morgan fingerprint density at radius 1 is 0.366 bits per heavy atom. The van der Waals surface area contributed by atoms with E-state index < -0.39 is 0 Å². The van der Waals surface area contributed by atoms with Crippen molar-refractivity contribution >= 4 is 74.7 Å². The molecule has 0 aliphatic carbocycles. The molecule has 7 aromatic carbocycles. The van der Waals surface area contributed by atoms with Gasteiger partial charge < -0.3 is 0 Å². The molecule has 0 radical (unpaired) electrons. The van der Waals surface area contributed by atoms with Gasteiger partial charge in [0.05, 0.1) is 11.2 Å². The lowest BCUT2D eigenvalue weighted by atomic mass is 9.93. The average Bonchev–Trinajstić information content (AvgIpc) is 3.42. The van der Waals surface area contributed by atoms with Crippen molar-refractivity contribution < 1.29 is 0 Å². The van der Waals surface area contributed by atoms with E-state index in [2.05, 4.69) is 133 Å². The van der Waals surface area contributed by atoms with Gasteiger partial charge in [-0.3, -0.25) is 0 Å². The molecule has 0 aliphatic heterocycles. The first-order valence-electron chi connectivity index (χ1n) is 13.8. The third kappa shape index (κ3) is 3.43. The Morgan fingerprint density at radius 2 is 0.902 bits per heavy atom. The van der Waals surface area contributed by atoms with Crippen LogP contribution in [0.15, 0.2) is 133 Å². The van der Waals surface area contributed by atoms with E-state index >= 15 is 0 Å². The second kappa shape index (κ2) is 8.69. The van der Waals surface area contributed by atoms with Crippen LogP contribution in [0.5, 0.6) is 0 Å². The van der Waals surface area contributed by atoms with Gasteiger partial charge in [-0.1, -0.05) is 103 Å². The molecule has 190 valence electrons. The summed E-state index contributed by atoms with van der Waals surface area (Å²) in [6, 6.07) is 47.8. The number of rotatable bonds is 2. The van der Waals surface area contributed by atoms with Crippen molar-refractivity contribution in [1.29, 1.82) is 0 Å². The fourth-order valence-corrected chi connectivity index (χ4v) is 7.43. The summed E-state index contributed by atoms with van der Waals surface area (Å²) in [5.74, 6) is 0.744. The van der Waals surface area contributed by atoms with Crippen molar-refractivity contribution in [3.05, 3.63) is 133 Å². The van der Waals surface area contributed by atoms with E-state index in [4.69, 9.17) is 9.97 Å². The number of nitrogens with zero attached hydrogens (tertiary/aromatic N) is 2. The molecule has 0 amide bonds. The lowest BCUT2D eigenvalue weighted by Gasteiger charge is -2.13. The van der Waals surface area contributed by atoms with Crippen molar-refractivity contribution in [3.63, 3.8) is 0 Å². The monoisotopic (exact) mass is 538 g/mol. The van der Waals surface area contributed by atoms with Crippen LogP contribution in [0.3, 0.4) is 0 Å². The molecule has 0 atom stereocenters. The molecule has 0 bridgehead atoms. The predicted octanol–water partition coefficient (Wildman–Crippen LogP) is 10.8. The Morgan fingerprint density at radius 3 is 1.66 bits per heavy atom. The number of hydrogen-bond acceptors (Lipinski definition) is 3.